The van der Waals surface area contributed by atoms with Crippen LogP contribution in [0, 0.1) is 10.1 Å². The molecule has 106 valence electrons. The molecule has 7 nitrogen and oxygen atoms in total. The van der Waals surface area contributed by atoms with Gasteiger partial charge in [-0.3, -0.25) is 19.7 Å². The Bertz CT molecular complexity index is 531. The van der Waals surface area contributed by atoms with Crippen molar-refractivity contribution in [3.05, 3.63) is 34.4 Å². The lowest BCUT2D eigenvalue weighted by Gasteiger charge is -2.13. The molecule has 0 bridgehead atoms. The smallest absolute Gasteiger partial charge is 0.312 e. The molecule has 0 aliphatic carbocycles. The van der Waals surface area contributed by atoms with E-state index in [1.54, 1.807) is 4.90 Å². The van der Waals surface area contributed by atoms with Crippen molar-refractivity contribution < 1.29 is 19.2 Å². The molecule has 0 aromatic heterocycles. The van der Waals surface area contributed by atoms with Crippen LogP contribution in [0.4, 0.5) is 10.5 Å². The van der Waals surface area contributed by atoms with Gasteiger partial charge in [0.25, 0.3) is 10.9 Å². The van der Waals surface area contributed by atoms with Gasteiger partial charge in [0.2, 0.25) is 0 Å². The number of nitro groups is 1. The minimum absolute atomic E-state index is 0.0202. The zero-order valence-corrected chi connectivity index (χ0v) is 11.3. The quantitative estimate of drug-likeness (QED) is 0.357. The van der Waals surface area contributed by atoms with E-state index in [0.717, 1.165) is 5.75 Å². The molecule has 1 aliphatic rings. The van der Waals surface area contributed by atoms with Crippen molar-refractivity contribution in [1.29, 1.82) is 0 Å². The average molecular weight is 296 g/mol. The largest absolute Gasteiger partial charge is 0.426 e. The summed E-state index contributed by atoms with van der Waals surface area (Å²) >= 11 is 1.24. The molecule has 1 aliphatic heterocycles. The standard InChI is InChI=1S/C12H12N2O5S/c15-11(5-6-13-7-8-20-12(13)16)19-10-3-1-9(2-4-10)14(17)18/h1-4H,5-8H2. The summed E-state index contributed by atoms with van der Waals surface area (Å²) in [4.78, 5) is 34.5. The molecule has 1 saturated heterocycles. The molecule has 0 spiro atoms. The van der Waals surface area contributed by atoms with E-state index in [2.05, 4.69) is 0 Å². The van der Waals surface area contributed by atoms with Gasteiger partial charge in [-0.2, -0.15) is 0 Å². The van der Waals surface area contributed by atoms with Crippen molar-refractivity contribution in [2.24, 2.45) is 0 Å². The number of hydrogen-bond acceptors (Lipinski definition) is 6. The lowest BCUT2D eigenvalue weighted by molar-refractivity contribution is -0.384. The van der Waals surface area contributed by atoms with Crippen LogP contribution in [-0.2, 0) is 4.79 Å². The minimum atomic E-state index is -0.526. The average Bonchev–Trinajstić information content (AvgIpc) is 2.82. The summed E-state index contributed by atoms with van der Waals surface area (Å²) in [6.07, 6.45) is 0.100. The van der Waals surface area contributed by atoms with Gasteiger partial charge in [-0.15, -0.1) is 0 Å². The van der Waals surface area contributed by atoms with Crippen LogP contribution < -0.4 is 4.74 Å². The van der Waals surface area contributed by atoms with Crippen LogP contribution in [0.15, 0.2) is 24.3 Å². The Morgan fingerprint density at radius 1 is 1.40 bits per heavy atom. The number of non-ortho nitro benzene ring substituents is 1. The molecule has 8 heteroatoms. The number of benzene rings is 1. The highest BCUT2D eigenvalue weighted by Gasteiger charge is 2.21. The topological polar surface area (TPSA) is 89.8 Å². The van der Waals surface area contributed by atoms with Gasteiger partial charge in [0.05, 0.1) is 11.3 Å². The number of carbonyl (C=O) groups is 2. The first-order valence-corrected chi connectivity index (χ1v) is 6.91. The zero-order valence-electron chi connectivity index (χ0n) is 10.5. The minimum Gasteiger partial charge on any atom is -0.426 e. The first-order chi connectivity index (χ1) is 9.56. The van der Waals surface area contributed by atoms with E-state index < -0.39 is 10.9 Å². The lowest BCUT2D eigenvalue weighted by Crippen LogP contribution is -2.27. The van der Waals surface area contributed by atoms with Gasteiger partial charge in [-0.05, 0) is 12.1 Å². The first kappa shape index (κ1) is 14.3. The molecule has 1 aromatic carbocycles. The van der Waals surface area contributed by atoms with Gasteiger partial charge in [0.1, 0.15) is 5.75 Å². The molecule has 0 atom stereocenters. The van der Waals surface area contributed by atoms with Crippen molar-refractivity contribution in [1.82, 2.24) is 4.90 Å². The second-order valence-corrected chi connectivity index (χ2v) is 5.12. The third-order valence-electron chi connectivity index (χ3n) is 2.71. The molecule has 20 heavy (non-hydrogen) atoms. The number of nitro benzene ring substituents is 1. The van der Waals surface area contributed by atoms with Crippen molar-refractivity contribution in [3.8, 4) is 5.75 Å². The molecule has 2 rings (SSSR count). The van der Waals surface area contributed by atoms with Gasteiger partial charge in [-0.1, -0.05) is 11.8 Å². The van der Waals surface area contributed by atoms with E-state index in [1.165, 1.54) is 36.0 Å². The molecule has 1 amide bonds. The van der Waals surface area contributed by atoms with Crippen LogP contribution in [0.2, 0.25) is 0 Å². The second kappa shape index (κ2) is 6.38. The van der Waals surface area contributed by atoms with E-state index in [1.807, 2.05) is 0 Å². The summed E-state index contributed by atoms with van der Waals surface area (Å²) < 4.78 is 5.04. The maximum atomic E-state index is 11.6. The number of ether oxygens (including phenoxy) is 1. The number of amides is 1. The third-order valence-corrected chi connectivity index (χ3v) is 3.60. The highest BCUT2D eigenvalue weighted by molar-refractivity contribution is 8.13. The van der Waals surface area contributed by atoms with Crippen LogP contribution in [-0.4, -0.2) is 39.9 Å². The maximum Gasteiger partial charge on any atom is 0.312 e. The monoisotopic (exact) mass is 296 g/mol. The molecule has 0 radical (unpaired) electrons. The van der Waals surface area contributed by atoms with E-state index in [4.69, 9.17) is 4.74 Å². The first-order valence-electron chi connectivity index (χ1n) is 5.93. The third kappa shape index (κ3) is 3.70. The Labute approximate surface area is 119 Å². The van der Waals surface area contributed by atoms with E-state index in [9.17, 15) is 19.7 Å². The van der Waals surface area contributed by atoms with Crippen molar-refractivity contribution in [3.63, 3.8) is 0 Å². The Morgan fingerprint density at radius 2 is 2.10 bits per heavy atom. The normalized spacial score (nSPS) is 14.4. The van der Waals surface area contributed by atoms with Crippen LogP contribution in [0.3, 0.4) is 0 Å². The summed E-state index contributed by atoms with van der Waals surface area (Å²) in [7, 11) is 0. The van der Waals surface area contributed by atoms with Crippen LogP contribution in [0.5, 0.6) is 5.75 Å². The number of carbonyl (C=O) groups excluding carboxylic acids is 2. The predicted molar refractivity (Wildman–Crippen MR) is 72.8 cm³/mol. The van der Waals surface area contributed by atoms with Crippen LogP contribution in [0.1, 0.15) is 6.42 Å². The molecule has 1 heterocycles. The molecule has 1 aromatic rings. The second-order valence-electron chi connectivity index (χ2n) is 4.08. The molecule has 0 unspecified atom stereocenters. The molecule has 1 fully saturated rings. The summed E-state index contributed by atoms with van der Waals surface area (Å²) in [6.45, 7) is 0.978. The van der Waals surface area contributed by atoms with Crippen molar-refractivity contribution in [2.45, 2.75) is 6.42 Å². The Balaban J connectivity index is 1.82. The fraction of sp³-hybridized carbons (Fsp3) is 0.333. The van der Waals surface area contributed by atoms with Crippen molar-refractivity contribution >= 4 is 28.7 Å². The van der Waals surface area contributed by atoms with Gasteiger partial charge >= 0.3 is 5.97 Å². The van der Waals surface area contributed by atoms with Gasteiger partial charge in [0.15, 0.2) is 0 Å². The van der Waals surface area contributed by atoms with Gasteiger partial charge < -0.3 is 9.64 Å². The fourth-order valence-electron chi connectivity index (χ4n) is 1.67. The Morgan fingerprint density at radius 3 is 2.65 bits per heavy atom. The highest BCUT2D eigenvalue weighted by Crippen LogP contribution is 2.19. The Hall–Kier alpha value is -2.09. The number of nitrogens with zero attached hydrogens (tertiary/aromatic N) is 2. The molecular formula is C12H12N2O5S. The van der Waals surface area contributed by atoms with Crippen molar-refractivity contribution in [2.75, 3.05) is 18.8 Å². The number of rotatable bonds is 5. The summed E-state index contributed by atoms with van der Waals surface area (Å²) in [5.74, 6) is 0.530. The predicted octanol–water partition coefficient (Wildman–Crippen LogP) is 2.06. The Kier molecular flexibility index (Phi) is 4.57. The number of hydrogen-bond donors (Lipinski definition) is 0. The summed E-state index contributed by atoms with van der Waals surface area (Å²) in [6, 6.07) is 5.27. The van der Waals surface area contributed by atoms with Crippen LogP contribution in [0.25, 0.3) is 0 Å². The van der Waals surface area contributed by atoms with Gasteiger partial charge in [0, 0.05) is 31.0 Å². The molecular weight excluding hydrogens is 284 g/mol. The summed E-state index contributed by atoms with van der Waals surface area (Å²) in [5, 5.41) is 10.5. The van der Waals surface area contributed by atoms with E-state index in [0.29, 0.717) is 13.1 Å². The zero-order chi connectivity index (χ0) is 14.5. The number of thioether (sulfide) groups is 1. The SMILES string of the molecule is O=C(CCN1CCSC1=O)Oc1ccc([N+](=O)[O-])cc1. The van der Waals surface area contributed by atoms with E-state index >= 15 is 0 Å². The lowest BCUT2D eigenvalue weighted by atomic mass is 10.3. The van der Waals surface area contributed by atoms with Crippen LogP contribution >= 0.6 is 11.8 Å². The fourth-order valence-corrected chi connectivity index (χ4v) is 2.52. The molecule has 0 saturated carbocycles. The highest BCUT2D eigenvalue weighted by atomic mass is 32.2. The number of esters is 1. The molecule has 0 N–H and O–H groups in total. The van der Waals surface area contributed by atoms with Gasteiger partial charge in [-0.25, -0.2) is 0 Å². The summed E-state index contributed by atoms with van der Waals surface area (Å²) in [5.41, 5.74) is -0.0653. The maximum absolute atomic E-state index is 11.6. The van der Waals surface area contributed by atoms with E-state index in [-0.39, 0.29) is 23.1 Å².